The standard InChI is InChI=1S/C26H23F3N4O5/c1-37-18-8-6-15(14-7-9-19(26(27,28)29)31-21(14)18)25-33-22(23(38-25)16(30)11-34)24(36)32-20-13-5-3-2-4-12(13)10-17(20)35/h2-9,16-17,20,34-35H,10-11,30H2,1H3,(H,32,36)/t16-,17-,20?/m0/s1. The summed E-state index contributed by atoms with van der Waals surface area (Å²) in [5.74, 6) is -0.837. The molecule has 1 unspecified atom stereocenters. The fraction of sp³-hybridized carbons (Fsp3) is 0.269. The van der Waals surface area contributed by atoms with Gasteiger partial charge in [0.1, 0.15) is 17.0 Å². The van der Waals surface area contributed by atoms with E-state index in [4.69, 9.17) is 14.9 Å². The van der Waals surface area contributed by atoms with Gasteiger partial charge in [-0.25, -0.2) is 9.97 Å². The minimum absolute atomic E-state index is 0.0808. The maximum absolute atomic E-state index is 13.3. The quantitative estimate of drug-likeness (QED) is 0.299. The fourth-order valence-corrected chi connectivity index (χ4v) is 4.60. The molecule has 0 spiro atoms. The van der Waals surface area contributed by atoms with Gasteiger partial charge in [0, 0.05) is 17.4 Å². The third kappa shape index (κ3) is 4.46. The summed E-state index contributed by atoms with van der Waals surface area (Å²) in [6, 6.07) is 10.4. The number of hydrogen-bond acceptors (Lipinski definition) is 8. The molecule has 1 amide bonds. The second-order valence-corrected chi connectivity index (χ2v) is 8.85. The fourth-order valence-electron chi connectivity index (χ4n) is 4.60. The van der Waals surface area contributed by atoms with Crippen LogP contribution in [-0.4, -0.2) is 45.9 Å². The maximum atomic E-state index is 13.3. The zero-order chi connectivity index (χ0) is 27.2. The van der Waals surface area contributed by atoms with Crippen LogP contribution in [0, 0.1) is 0 Å². The molecule has 1 aliphatic rings. The first-order valence-electron chi connectivity index (χ1n) is 11.6. The molecule has 2 heterocycles. The molecule has 5 N–H and O–H groups in total. The Morgan fingerprint density at radius 2 is 1.97 bits per heavy atom. The molecule has 0 saturated carbocycles. The van der Waals surface area contributed by atoms with Gasteiger partial charge in [0.15, 0.2) is 11.5 Å². The summed E-state index contributed by atoms with van der Waals surface area (Å²) < 4.78 is 50.9. The van der Waals surface area contributed by atoms with E-state index in [9.17, 15) is 28.2 Å². The van der Waals surface area contributed by atoms with Crippen LogP contribution in [0.15, 0.2) is 52.9 Å². The number of nitrogens with two attached hydrogens (primary N) is 1. The predicted octanol–water partition coefficient (Wildman–Crippen LogP) is 3.30. The maximum Gasteiger partial charge on any atom is 0.433 e. The summed E-state index contributed by atoms with van der Waals surface area (Å²) >= 11 is 0. The van der Waals surface area contributed by atoms with Crippen molar-refractivity contribution in [2.24, 2.45) is 5.73 Å². The lowest BCUT2D eigenvalue weighted by Gasteiger charge is -2.17. The number of carbonyl (C=O) groups is 1. The highest BCUT2D eigenvalue weighted by Crippen LogP contribution is 2.38. The van der Waals surface area contributed by atoms with E-state index in [2.05, 4.69) is 15.3 Å². The Morgan fingerprint density at radius 1 is 1.21 bits per heavy atom. The molecule has 0 aliphatic heterocycles. The second-order valence-electron chi connectivity index (χ2n) is 8.85. The number of aromatic nitrogens is 2. The number of halogens is 3. The summed E-state index contributed by atoms with van der Waals surface area (Å²) in [6.07, 6.45) is -5.18. The lowest BCUT2D eigenvalue weighted by atomic mass is 10.1. The van der Waals surface area contributed by atoms with E-state index in [1.165, 1.54) is 25.3 Å². The Bertz CT molecular complexity index is 1520. The van der Waals surface area contributed by atoms with E-state index in [1.807, 2.05) is 12.1 Å². The molecule has 0 saturated heterocycles. The number of nitrogens with zero attached hydrogens (tertiary/aromatic N) is 2. The molecular formula is C26H23F3N4O5. The number of oxazole rings is 1. The van der Waals surface area contributed by atoms with Gasteiger partial charge in [-0.3, -0.25) is 4.79 Å². The van der Waals surface area contributed by atoms with Crippen molar-refractivity contribution >= 4 is 16.8 Å². The van der Waals surface area contributed by atoms with E-state index in [0.717, 1.165) is 17.2 Å². The number of fused-ring (bicyclic) bond motifs is 2. The number of aliphatic hydroxyl groups excluding tert-OH is 2. The molecule has 12 heteroatoms. The zero-order valence-corrected chi connectivity index (χ0v) is 20.0. The van der Waals surface area contributed by atoms with Crippen LogP contribution in [0.25, 0.3) is 22.4 Å². The van der Waals surface area contributed by atoms with Crippen molar-refractivity contribution in [3.63, 3.8) is 0 Å². The molecule has 2 aromatic carbocycles. The summed E-state index contributed by atoms with van der Waals surface area (Å²) in [6.45, 7) is -0.566. The van der Waals surface area contributed by atoms with Crippen LogP contribution < -0.4 is 15.8 Å². The lowest BCUT2D eigenvalue weighted by molar-refractivity contribution is -0.140. The summed E-state index contributed by atoms with van der Waals surface area (Å²) in [5.41, 5.74) is 6.48. The average molecular weight is 528 g/mol. The smallest absolute Gasteiger partial charge is 0.433 e. The van der Waals surface area contributed by atoms with Crippen molar-refractivity contribution in [3.05, 3.63) is 76.8 Å². The Hall–Kier alpha value is -4.00. The molecule has 0 fully saturated rings. The first-order valence-corrected chi connectivity index (χ1v) is 11.6. The number of nitrogens with one attached hydrogen (secondary N) is 1. The largest absolute Gasteiger partial charge is 0.494 e. The number of methoxy groups -OCH3 is 1. The second kappa shape index (κ2) is 9.71. The Balaban J connectivity index is 1.58. The summed E-state index contributed by atoms with van der Waals surface area (Å²) in [4.78, 5) is 21.4. The molecule has 2 aromatic heterocycles. The van der Waals surface area contributed by atoms with Crippen molar-refractivity contribution in [2.45, 2.75) is 30.8 Å². The van der Waals surface area contributed by atoms with Crippen LogP contribution in [0.5, 0.6) is 5.75 Å². The number of amides is 1. The zero-order valence-electron chi connectivity index (χ0n) is 20.0. The predicted molar refractivity (Wildman–Crippen MR) is 129 cm³/mol. The van der Waals surface area contributed by atoms with Crippen molar-refractivity contribution < 1.29 is 37.3 Å². The number of carbonyl (C=O) groups excluding carboxylic acids is 1. The number of pyridine rings is 1. The van der Waals surface area contributed by atoms with Gasteiger partial charge in [0.05, 0.1) is 31.9 Å². The number of alkyl halides is 3. The van der Waals surface area contributed by atoms with Gasteiger partial charge in [0.2, 0.25) is 5.89 Å². The SMILES string of the molecule is COc1ccc(-c2nc(C(=O)NC3c4ccccc4C[C@@H]3O)c([C@@H](N)CO)o2)c2ccc(C(F)(F)F)nc12. The number of aliphatic hydroxyl groups is 2. The minimum Gasteiger partial charge on any atom is -0.494 e. The third-order valence-electron chi connectivity index (χ3n) is 6.45. The molecule has 3 atom stereocenters. The van der Waals surface area contributed by atoms with E-state index < -0.39 is 42.6 Å². The van der Waals surface area contributed by atoms with Crippen LogP contribution >= 0.6 is 0 Å². The number of hydrogen-bond donors (Lipinski definition) is 4. The monoisotopic (exact) mass is 528 g/mol. The number of ether oxygens (including phenoxy) is 1. The van der Waals surface area contributed by atoms with Crippen LogP contribution in [0.2, 0.25) is 0 Å². The highest BCUT2D eigenvalue weighted by molar-refractivity contribution is 5.98. The highest BCUT2D eigenvalue weighted by Gasteiger charge is 2.35. The van der Waals surface area contributed by atoms with Gasteiger partial charge in [-0.1, -0.05) is 24.3 Å². The topological polar surface area (TPSA) is 144 Å². The molecule has 1 aliphatic carbocycles. The number of rotatable bonds is 6. The molecule has 5 rings (SSSR count). The average Bonchev–Trinajstić information content (AvgIpc) is 3.48. The molecule has 0 bridgehead atoms. The van der Waals surface area contributed by atoms with Crippen molar-refractivity contribution in [3.8, 4) is 17.2 Å². The number of benzene rings is 2. The van der Waals surface area contributed by atoms with Gasteiger partial charge >= 0.3 is 6.18 Å². The summed E-state index contributed by atoms with van der Waals surface area (Å²) in [7, 11) is 1.30. The Kier molecular flexibility index (Phi) is 6.55. The van der Waals surface area contributed by atoms with Crippen molar-refractivity contribution in [1.29, 1.82) is 0 Å². The van der Waals surface area contributed by atoms with Gasteiger partial charge in [-0.15, -0.1) is 0 Å². The Morgan fingerprint density at radius 3 is 2.68 bits per heavy atom. The lowest BCUT2D eigenvalue weighted by Crippen LogP contribution is -2.35. The van der Waals surface area contributed by atoms with Crippen LogP contribution in [0.3, 0.4) is 0 Å². The summed E-state index contributed by atoms with van der Waals surface area (Å²) in [5, 5.41) is 23.2. The minimum atomic E-state index is -4.67. The first-order chi connectivity index (χ1) is 18.1. The highest BCUT2D eigenvalue weighted by atomic mass is 19.4. The molecule has 198 valence electrons. The van der Waals surface area contributed by atoms with Crippen molar-refractivity contribution in [2.75, 3.05) is 13.7 Å². The van der Waals surface area contributed by atoms with Crippen molar-refractivity contribution in [1.82, 2.24) is 15.3 Å². The molecule has 9 nitrogen and oxygen atoms in total. The third-order valence-corrected chi connectivity index (χ3v) is 6.45. The van der Waals surface area contributed by atoms with E-state index >= 15 is 0 Å². The molecule has 38 heavy (non-hydrogen) atoms. The normalized spacial score (nSPS) is 17.9. The van der Waals surface area contributed by atoms with Gasteiger partial charge < -0.3 is 30.4 Å². The van der Waals surface area contributed by atoms with Crippen LogP contribution in [0.1, 0.15) is 45.2 Å². The van der Waals surface area contributed by atoms with Gasteiger partial charge in [-0.2, -0.15) is 13.2 Å². The van der Waals surface area contributed by atoms with Crippen LogP contribution in [-0.2, 0) is 12.6 Å². The molecule has 4 aromatic rings. The van der Waals surface area contributed by atoms with Gasteiger partial charge in [0.25, 0.3) is 5.91 Å². The van der Waals surface area contributed by atoms with Crippen LogP contribution in [0.4, 0.5) is 13.2 Å². The molecular weight excluding hydrogens is 505 g/mol. The van der Waals surface area contributed by atoms with E-state index in [1.54, 1.807) is 12.1 Å². The Labute approximate surface area is 214 Å². The first kappa shape index (κ1) is 25.6. The van der Waals surface area contributed by atoms with Gasteiger partial charge in [-0.05, 0) is 35.4 Å². The molecule has 0 radical (unpaired) electrons. The van der Waals surface area contributed by atoms with E-state index in [0.29, 0.717) is 6.42 Å². The van der Waals surface area contributed by atoms with E-state index in [-0.39, 0.29) is 39.6 Å².